The molecule has 64 heavy (non-hydrogen) atoms. The number of rotatable bonds is 16. The first-order valence-electron chi connectivity index (χ1n) is 26.6. The molecule has 0 radical (unpaired) electrons. The van der Waals surface area contributed by atoms with Crippen LogP contribution in [0.15, 0.2) is 0 Å². The number of nitrogens with one attached hydrogen (secondary N) is 1. The Kier molecular flexibility index (Phi) is 19.8. The lowest BCUT2D eigenvalue weighted by atomic mass is 9.70. The van der Waals surface area contributed by atoms with Gasteiger partial charge in [-0.25, -0.2) is 0 Å². The van der Waals surface area contributed by atoms with Crippen molar-refractivity contribution in [2.45, 2.75) is 295 Å². The third-order valence-electron chi connectivity index (χ3n) is 15.8. The van der Waals surface area contributed by atoms with Crippen LogP contribution in [0.3, 0.4) is 0 Å². The SMILES string of the molecule is CCCCCCCCCCC1(C)OC2(CC(C)(C)N(CC(O)CC)C(C)(C)C2)C(=O)N1C.COCC(C)CN1C(=O)C2(CC(C)(C)NC(C)(C)C2)OC12CCCCCCCCCCC2. The summed E-state index contributed by atoms with van der Waals surface area (Å²) in [5.41, 5.74) is -3.24. The molecule has 4 heterocycles. The normalized spacial score (nSPS) is 28.4. The topological polar surface area (TPSA) is 104 Å². The molecular weight excluding hydrogens is 801 g/mol. The standard InChI is InChI=1S/C27H50N2O3.C27H52N2O3/c1-22(19-31-6)18-29-23(30)26(20-24(2,3)28-25(4,5)21-26)32-27(29)16-14-12-10-8-7-9-11-13-15-17-27;1-9-11-12-13-14-15-16-17-18-26(7)28(8)23(31)27(32-26)20-24(3,4)29(19-22(30)10-2)25(5,6)21-27/h22,28H,7-21H2,1-6H3;22,30H,9-21H2,1-8H3. The van der Waals surface area contributed by atoms with Crippen LogP contribution in [0.25, 0.3) is 0 Å². The van der Waals surface area contributed by atoms with Gasteiger partial charge in [0.05, 0.1) is 12.7 Å². The number of hydrogen-bond acceptors (Lipinski definition) is 8. The van der Waals surface area contributed by atoms with Gasteiger partial charge in [-0.15, -0.1) is 0 Å². The zero-order valence-electron chi connectivity index (χ0n) is 44.3. The number of hydrogen-bond donors (Lipinski definition) is 2. The van der Waals surface area contributed by atoms with Gasteiger partial charge in [0, 0.05) is 75.1 Å². The average molecular weight is 903 g/mol. The number of aliphatic hydroxyl groups excluding tert-OH is 1. The van der Waals surface area contributed by atoms with E-state index in [1.807, 2.05) is 18.9 Å². The Morgan fingerprint density at radius 1 is 0.656 bits per heavy atom. The summed E-state index contributed by atoms with van der Waals surface area (Å²) in [4.78, 5) is 34.4. The number of piperidine rings is 2. The molecule has 1 saturated carbocycles. The minimum absolute atomic E-state index is 0.136. The Hall–Kier alpha value is -1.30. The smallest absolute Gasteiger partial charge is 0.257 e. The Labute approximate surface area is 393 Å². The van der Waals surface area contributed by atoms with Gasteiger partial charge in [0.1, 0.15) is 11.4 Å². The van der Waals surface area contributed by atoms with E-state index in [0.717, 1.165) is 64.3 Å². The quantitative estimate of drug-likeness (QED) is 0.148. The second-order valence-electron chi connectivity index (χ2n) is 24.5. The van der Waals surface area contributed by atoms with Crippen LogP contribution in [-0.4, -0.2) is 116 Å². The molecular formula is C54H102N4O6. The highest BCUT2D eigenvalue weighted by atomic mass is 16.6. The number of unbranched alkanes of at least 4 members (excludes halogenated alkanes) is 7. The van der Waals surface area contributed by atoms with Gasteiger partial charge in [-0.1, -0.05) is 111 Å². The van der Waals surface area contributed by atoms with Gasteiger partial charge in [-0.2, -0.15) is 0 Å². The average Bonchev–Trinajstić information content (AvgIpc) is 3.48. The van der Waals surface area contributed by atoms with Crippen molar-refractivity contribution in [1.29, 1.82) is 0 Å². The number of likely N-dealkylation sites (N-methyl/N-ethyl adjacent to an activating group) is 1. The highest BCUT2D eigenvalue weighted by molar-refractivity contribution is 5.89. The molecule has 10 nitrogen and oxygen atoms in total. The van der Waals surface area contributed by atoms with Crippen LogP contribution in [-0.2, 0) is 23.8 Å². The zero-order chi connectivity index (χ0) is 47.7. The van der Waals surface area contributed by atoms with Gasteiger partial charge in [0.2, 0.25) is 0 Å². The second-order valence-corrected chi connectivity index (χ2v) is 24.5. The Bertz CT molecular complexity index is 1420. The van der Waals surface area contributed by atoms with Gasteiger partial charge < -0.3 is 34.4 Å². The van der Waals surface area contributed by atoms with E-state index in [2.05, 4.69) is 91.3 Å². The zero-order valence-corrected chi connectivity index (χ0v) is 44.3. The summed E-state index contributed by atoms with van der Waals surface area (Å²) in [6.45, 7) is 28.3. The van der Waals surface area contributed by atoms with E-state index in [4.69, 9.17) is 14.2 Å². The lowest BCUT2D eigenvalue weighted by Gasteiger charge is -2.58. The van der Waals surface area contributed by atoms with E-state index in [1.165, 1.54) is 89.9 Å². The van der Waals surface area contributed by atoms with Crippen molar-refractivity contribution in [1.82, 2.24) is 20.0 Å². The number of nitrogens with zero attached hydrogens (tertiary/aromatic N) is 3. The van der Waals surface area contributed by atoms with E-state index in [-0.39, 0.29) is 40.1 Å². The van der Waals surface area contributed by atoms with Crippen molar-refractivity contribution in [3.63, 3.8) is 0 Å². The fourth-order valence-corrected chi connectivity index (χ4v) is 13.4. The Morgan fingerprint density at radius 2 is 1.12 bits per heavy atom. The first kappa shape index (κ1) is 55.3. The molecule has 0 aromatic carbocycles. The molecule has 0 bridgehead atoms. The van der Waals surface area contributed by atoms with Crippen LogP contribution in [0.1, 0.15) is 244 Å². The number of likely N-dealkylation sites (tertiary alicyclic amines) is 1. The molecule has 4 aliphatic heterocycles. The summed E-state index contributed by atoms with van der Waals surface area (Å²) >= 11 is 0. The molecule has 5 fully saturated rings. The number of carbonyl (C=O) groups excluding carboxylic acids is 2. The van der Waals surface area contributed by atoms with Gasteiger partial charge in [-0.05, 0) is 113 Å². The second kappa shape index (κ2) is 22.9. The van der Waals surface area contributed by atoms with Gasteiger partial charge in [0.15, 0.2) is 11.2 Å². The van der Waals surface area contributed by atoms with Crippen LogP contribution in [0.4, 0.5) is 0 Å². The molecule has 3 unspecified atom stereocenters. The molecule has 3 spiro atoms. The minimum atomic E-state index is -0.773. The maximum atomic E-state index is 14.3. The van der Waals surface area contributed by atoms with E-state index in [9.17, 15) is 14.7 Å². The van der Waals surface area contributed by atoms with E-state index in [1.54, 1.807) is 7.11 Å². The molecule has 2 N–H and O–H groups in total. The molecule has 3 atom stereocenters. The summed E-state index contributed by atoms with van der Waals surface area (Å²) in [6.07, 6.45) is 27.7. The highest BCUT2D eigenvalue weighted by Crippen LogP contribution is 2.53. The molecule has 5 rings (SSSR count). The van der Waals surface area contributed by atoms with Crippen LogP contribution < -0.4 is 5.32 Å². The molecule has 374 valence electrons. The minimum Gasteiger partial charge on any atom is -0.392 e. The lowest BCUT2D eigenvalue weighted by molar-refractivity contribution is -0.194. The molecule has 5 aliphatic rings. The maximum Gasteiger partial charge on any atom is 0.257 e. The highest BCUT2D eigenvalue weighted by Gasteiger charge is 2.66. The largest absolute Gasteiger partial charge is 0.392 e. The fraction of sp³-hybridized carbons (Fsp3) is 0.963. The number of aliphatic hydroxyl groups is 1. The molecule has 0 aromatic rings. The molecule has 1 aliphatic carbocycles. The first-order valence-corrected chi connectivity index (χ1v) is 26.6. The van der Waals surface area contributed by atoms with Gasteiger partial charge in [0.25, 0.3) is 11.8 Å². The fourth-order valence-electron chi connectivity index (χ4n) is 13.4. The Balaban J connectivity index is 0.000000281. The van der Waals surface area contributed by atoms with Crippen molar-refractivity contribution < 1.29 is 28.9 Å². The lowest BCUT2D eigenvalue weighted by Crippen LogP contribution is -2.68. The maximum absolute atomic E-state index is 14.3. The summed E-state index contributed by atoms with van der Waals surface area (Å²) < 4.78 is 19.4. The summed E-state index contributed by atoms with van der Waals surface area (Å²) in [6, 6.07) is 0. The third-order valence-corrected chi connectivity index (χ3v) is 15.8. The van der Waals surface area contributed by atoms with E-state index in [0.29, 0.717) is 31.9 Å². The third kappa shape index (κ3) is 13.9. The van der Waals surface area contributed by atoms with Crippen molar-refractivity contribution in [2.24, 2.45) is 5.92 Å². The predicted octanol–water partition coefficient (Wildman–Crippen LogP) is 11.7. The summed E-state index contributed by atoms with van der Waals surface area (Å²) in [5.74, 6) is 0.662. The molecule has 10 heteroatoms. The van der Waals surface area contributed by atoms with Gasteiger partial charge >= 0.3 is 0 Å². The number of amides is 2. The van der Waals surface area contributed by atoms with E-state index >= 15 is 0 Å². The predicted molar refractivity (Wildman–Crippen MR) is 263 cm³/mol. The van der Waals surface area contributed by atoms with Crippen molar-refractivity contribution >= 4 is 11.8 Å². The summed E-state index contributed by atoms with van der Waals surface area (Å²) in [7, 11) is 3.68. The Morgan fingerprint density at radius 3 is 1.61 bits per heavy atom. The monoisotopic (exact) mass is 903 g/mol. The van der Waals surface area contributed by atoms with Crippen molar-refractivity contribution in [3.8, 4) is 0 Å². The van der Waals surface area contributed by atoms with Gasteiger partial charge in [-0.3, -0.25) is 14.5 Å². The van der Waals surface area contributed by atoms with E-state index < -0.39 is 22.7 Å². The van der Waals surface area contributed by atoms with Crippen LogP contribution >= 0.6 is 0 Å². The first-order chi connectivity index (χ1) is 29.9. The number of carbonyl (C=O) groups is 2. The van der Waals surface area contributed by atoms with Crippen LogP contribution in [0.5, 0.6) is 0 Å². The summed E-state index contributed by atoms with van der Waals surface area (Å²) in [5, 5.41) is 14.1. The molecule has 0 aromatic heterocycles. The van der Waals surface area contributed by atoms with Crippen molar-refractivity contribution in [2.75, 3.05) is 33.9 Å². The molecule has 2 amide bonds. The van der Waals surface area contributed by atoms with Crippen LogP contribution in [0.2, 0.25) is 0 Å². The number of β-amino-alcohol motifs (C(OH)–C–C–N with tert-alkyl or cyclic N) is 1. The number of ether oxygens (including phenoxy) is 3. The van der Waals surface area contributed by atoms with Crippen LogP contribution in [0, 0.1) is 5.92 Å². The molecule has 4 saturated heterocycles. The van der Waals surface area contributed by atoms with Crippen molar-refractivity contribution in [3.05, 3.63) is 0 Å². The number of methoxy groups -OCH3 is 1.